The maximum Gasteiger partial charge on any atom is 0.269 e. The van der Waals surface area contributed by atoms with Crippen molar-refractivity contribution in [2.45, 2.75) is 31.1 Å². The lowest BCUT2D eigenvalue weighted by molar-refractivity contribution is -0.384. The summed E-state index contributed by atoms with van der Waals surface area (Å²) in [5, 5.41) is 24.0. The lowest BCUT2D eigenvalue weighted by atomic mass is 9.49. The zero-order valence-corrected chi connectivity index (χ0v) is 28.3. The molecule has 262 valence electrons. The van der Waals surface area contributed by atoms with Crippen LogP contribution in [0.5, 0.6) is 11.5 Å². The van der Waals surface area contributed by atoms with Gasteiger partial charge in [-0.3, -0.25) is 39.6 Å². The molecule has 2 aliphatic carbocycles. The molecule has 4 aromatic rings. The number of methoxy groups -OCH3 is 1. The molecule has 0 unspecified atom stereocenters. The van der Waals surface area contributed by atoms with Crippen molar-refractivity contribution in [1.82, 2.24) is 5.01 Å². The Morgan fingerprint density at radius 3 is 2.25 bits per heavy atom. The van der Waals surface area contributed by atoms with E-state index in [2.05, 4.69) is 5.43 Å². The number of carbonyl (C=O) groups is 4. The number of amides is 4. The standard InChI is InChI=1S/C40H34N4O8/c1-22-11-13-24(14-12-22)41-43-37(47)30-21-29-27(19-20-28-33(29)38(48)42(36(28)46)25-15-17-26(18-16-25)44(50)51)35(34-31(45)9-6-10-32(34)52-2)40(30,39(43)49)23-7-4-3-5-8-23/h3-19,28-30,33,35,41,45H,20-21H2,1-2H3/t28-,29+,30-,33-,35+,40+/m0/s1. The maximum absolute atomic E-state index is 15.3. The molecule has 2 heterocycles. The van der Waals surface area contributed by atoms with Crippen molar-refractivity contribution in [2.24, 2.45) is 23.7 Å². The number of allylic oxidation sites excluding steroid dienone is 2. The van der Waals surface area contributed by atoms with Gasteiger partial charge in [0.05, 0.1) is 46.6 Å². The number of imide groups is 2. The average Bonchev–Trinajstić information content (AvgIpc) is 3.53. The molecule has 12 nitrogen and oxygen atoms in total. The van der Waals surface area contributed by atoms with Crippen molar-refractivity contribution in [3.8, 4) is 11.5 Å². The Morgan fingerprint density at radius 1 is 0.865 bits per heavy atom. The third-order valence-electron chi connectivity index (χ3n) is 11.3. The number of hydrogen-bond donors (Lipinski definition) is 2. The number of aryl methyl sites for hydroxylation is 1. The van der Waals surface area contributed by atoms with Gasteiger partial charge in [0.15, 0.2) is 0 Å². The number of nitrogens with zero attached hydrogens (tertiary/aromatic N) is 3. The van der Waals surface area contributed by atoms with Crippen LogP contribution in [0.2, 0.25) is 0 Å². The van der Waals surface area contributed by atoms with Gasteiger partial charge in [-0.15, -0.1) is 0 Å². The van der Waals surface area contributed by atoms with Gasteiger partial charge in [-0.1, -0.05) is 65.7 Å². The molecular formula is C40H34N4O8. The molecule has 12 heteroatoms. The Labute approximate surface area is 298 Å². The minimum absolute atomic E-state index is 0.0675. The SMILES string of the molecule is COc1cccc(O)c1[C@H]1C2=CC[C@@H]3C(=O)N(c4ccc([N+](=O)[O-])cc4)C(=O)[C@@H]3[C@@H]2C[C@H]2C(=O)N(Nc3ccc(C)cc3)C(=O)[C@@]12c1ccccc1. The molecular weight excluding hydrogens is 664 g/mol. The number of hydrogen-bond acceptors (Lipinski definition) is 9. The van der Waals surface area contributed by atoms with Gasteiger partial charge >= 0.3 is 0 Å². The normalized spacial score (nSPS) is 26.4. The summed E-state index contributed by atoms with van der Waals surface area (Å²) in [4.78, 5) is 70.4. The summed E-state index contributed by atoms with van der Waals surface area (Å²) < 4.78 is 5.82. The fourth-order valence-corrected chi connectivity index (χ4v) is 9.04. The van der Waals surface area contributed by atoms with Crippen molar-refractivity contribution in [1.29, 1.82) is 0 Å². The summed E-state index contributed by atoms with van der Waals surface area (Å²) in [5.74, 6) is -6.12. The number of fused-ring (bicyclic) bond motifs is 4. The number of phenolic OH excluding ortho intramolecular Hbond substituents is 1. The number of rotatable bonds is 7. The number of nitro groups is 1. The second-order valence-electron chi connectivity index (χ2n) is 13.8. The van der Waals surface area contributed by atoms with E-state index in [9.17, 15) is 29.6 Å². The number of phenols is 1. The molecule has 8 rings (SSSR count). The lowest BCUT2D eigenvalue weighted by Gasteiger charge is -2.50. The molecule has 3 fully saturated rings. The van der Waals surface area contributed by atoms with Gasteiger partial charge < -0.3 is 9.84 Å². The fraction of sp³-hybridized carbons (Fsp3) is 0.250. The summed E-state index contributed by atoms with van der Waals surface area (Å²) in [6.07, 6.45) is 2.12. The van der Waals surface area contributed by atoms with E-state index in [1.807, 2.05) is 31.2 Å². The topological polar surface area (TPSA) is 159 Å². The van der Waals surface area contributed by atoms with Gasteiger partial charge in [-0.2, -0.15) is 5.01 Å². The zero-order valence-electron chi connectivity index (χ0n) is 28.3. The largest absolute Gasteiger partial charge is 0.508 e. The molecule has 0 radical (unpaired) electrons. The summed E-state index contributed by atoms with van der Waals surface area (Å²) in [5.41, 5.74) is 4.55. The summed E-state index contributed by atoms with van der Waals surface area (Å²) >= 11 is 0. The Morgan fingerprint density at radius 2 is 1.58 bits per heavy atom. The molecule has 1 saturated carbocycles. The number of anilines is 2. The summed E-state index contributed by atoms with van der Waals surface area (Å²) in [7, 11) is 1.46. The fourth-order valence-electron chi connectivity index (χ4n) is 9.04. The van der Waals surface area contributed by atoms with Crippen LogP contribution in [0.3, 0.4) is 0 Å². The number of hydrazine groups is 1. The molecule has 4 aliphatic rings. The van der Waals surface area contributed by atoms with Crippen LogP contribution in [0.4, 0.5) is 17.1 Å². The molecule has 2 N–H and O–H groups in total. The number of non-ortho nitro benzene ring substituents is 1. The van der Waals surface area contributed by atoms with Gasteiger partial charge in [-0.05, 0) is 67.6 Å². The molecule has 0 bridgehead atoms. The van der Waals surface area contributed by atoms with Crippen molar-refractivity contribution in [3.05, 3.63) is 136 Å². The van der Waals surface area contributed by atoms with Gasteiger partial charge in [0.2, 0.25) is 11.8 Å². The van der Waals surface area contributed by atoms with Gasteiger partial charge in [0.25, 0.3) is 17.5 Å². The summed E-state index contributed by atoms with van der Waals surface area (Å²) in [6.45, 7) is 1.93. The van der Waals surface area contributed by atoms with E-state index in [-0.39, 0.29) is 30.0 Å². The number of carbonyl (C=O) groups excluding carboxylic acids is 4. The third kappa shape index (κ3) is 4.66. The molecule has 0 spiro atoms. The highest BCUT2D eigenvalue weighted by Crippen LogP contribution is 2.66. The number of aromatic hydroxyl groups is 1. The van der Waals surface area contributed by atoms with E-state index in [1.54, 1.807) is 48.5 Å². The molecule has 52 heavy (non-hydrogen) atoms. The van der Waals surface area contributed by atoms with E-state index < -0.39 is 63.6 Å². The van der Waals surface area contributed by atoms with Crippen LogP contribution in [0.15, 0.2) is 109 Å². The summed E-state index contributed by atoms with van der Waals surface area (Å²) in [6, 6.07) is 26.4. The quantitative estimate of drug-likeness (QED) is 0.105. The Hall–Kier alpha value is -6.30. The van der Waals surface area contributed by atoms with E-state index in [0.717, 1.165) is 15.5 Å². The van der Waals surface area contributed by atoms with E-state index in [0.29, 0.717) is 28.1 Å². The monoisotopic (exact) mass is 698 g/mol. The van der Waals surface area contributed by atoms with Crippen molar-refractivity contribution >= 4 is 40.7 Å². The molecule has 4 aromatic carbocycles. The van der Waals surface area contributed by atoms with Crippen LogP contribution in [0.25, 0.3) is 0 Å². The predicted molar refractivity (Wildman–Crippen MR) is 189 cm³/mol. The van der Waals surface area contributed by atoms with Crippen LogP contribution >= 0.6 is 0 Å². The van der Waals surface area contributed by atoms with Crippen molar-refractivity contribution in [3.63, 3.8) is 0 Å². The molecule has 0 aromatic heterocycles. The van der Waals surface area contributed by atoms with E-state index in [4.69, 9.17) is 4.74 Å². The van der Waals surface area contributed by atoms with Crippen LogP contribution in [-0.2, 0) is 24.6 Å². The third-order valence-corrected chi connectivity index (χ3v) is 11.3. The van der Waals surface area contributed by atoms with Crippen LogP contribution in [-0.4, -0.2) is 45.8 Å². The van der Waals surface area contributed by atoms with Crippen LogP contribution in [0, 0.1) is 40.7 Å². The molecule has 4 amide bonds. The first-order valence-corrected chi connectivity index (χ1v) is 17.0. The molecule has 6 atom stereocenters. The minimum Gasteiger partial charge on any atom is -0.508 e. The second-order valence-corrected chi connectivity index (χ2v) is 13.8. The van der Waals surface area contributed by atoms with Gasteiger partial charge in [-0.25, -0.2) is 0 Å². The zero-order chi connectivity index (χ0) is 36.5. The average molecular weight is 699 g/mol. The first kappa shape index (κ1) is 32.9. The molecule has 2 aliphatic heterocycles. The number of nitro benzene ring substituents is 1. The highest BCUT2D eigenvalue weighted by Gasteiger charge is 2.71. The second kappa shape index (κ2) is 12.2. The van der Waals surface area contributed by atoms with Crippen LogP contribution < -0.4 is 15.1 Å². The predicted octanol–water partition coefficient (Wildman–Crippen LogP) is 5.81. The first-order valence-electron chi connectivity index (χ1n) is 17.0. The first-order chi connectivity index (χ1) is 25.1. The Balaban J connectivity index is 1.32. The number of ether oxygens (including phenoxy) is 1. The van der Waals surface area contributed by atoms with Crippen molar-refractivity contribution in [2.75, 3.05) is 17.4 Å². The smallest absolute Gasteiger partial charge is 0.269 e. The number of benzene rings is 4. The van der Waals surface area contributed by atoms with E-state index in [1.165, 1.54) is 37.4 Å². The minimum atomic E-state index is -1.58. The van der Waals surface area contributed by atoms with E-state index >= 15 is 4.79 Å². The number of nitrogens with one attached hydrogen (secondary N) is 1. The maximum atomic E-state index is 15.3. The Bertz CT molecular complexity index is 2190. The van der Waals surface area contributed by atoms with Crippen molar-refractivity contribution < 1.29 is 33.9 Å². The Kier molecular flexibility index (Phi) is 7.70. The highest BCUT2D eigenvalue weighted by molar-refractivity contribution is 6.22. The lowest BCUT2D eigenvalue weighted by Crippen LogP contribution is -2.53. The van der Waals surface area contributed by atoms with Gasteiger partial charge in [0.1, 0.15) is 11.5 Å². The molecule has 2 saturated heterocycles. The van der Waals surface area contributed by atoms with Crippen LogP contribution in [0.1, 0.15) is 35.4 Å². The van der Waals surface area contributed by atoms with Gasteiger partial charge in [0, 0.05) is 23.6 Å². The highest BCUT2D eigenvalue weighted by atomic mass is 16.6.